The van der Waals surface area contributed by atoms with E-state index in [1.54, 1.807) is 7.11 Å². The summed E-state index contributed by atoms with van der Waals surface area (Å²) >= 11 is 1.49. The zero-order valence-electron chi connectivity index (χ0n) is 9.15. The van der Waals surface area contributed by atoms with Crippen LogP contribution in [0, 0.1) is 18.3 Å². The van der Waals surface area contributed by atoms with Crippen LogP contribution < -0.4 is 4.74 Å². The Morgan fingerprint density at radius 2 is 1.94 bits per heavy atom. The molecule has 0 aliphatic heterocycles. The standard InChI is InChI=1S/C13H11NOS/c1-9-8-16-12(7-14)13(9)10-3-5-11(15-2)6-4-10/h3-6,8H,1-2H3. The molecule has 0 fully saturated rings. The van der Waals surface area contributed by atoms with Gasteiger partial charge in [0.05, 0.1) is 7.11 Å². The largest absolute Gasteiger partial charge is 0.497 e. The maximum Gasteiger partial charge on any atom is 0.118 e. The normalized spacial score (nSPS) is 9.81. The summed E-state index contributed by atoms with van der Waals surface area (Å²) in [5, 5.41) is 11.0. The van der Waals surface area contributed by atoms with Gasteiger partial charge < -0.3 is 4.74 Å². The fourth-order valence-corrected chi connectivity index (χ4v) is 2.50. The van der Waals surface area contributed by atoms with Crippen LogP contribution in [0.15, 0.2) is 29.6 Å². The van der Waals surface area contributed by atoms with Gasteiger partial charge in [0.15, 0.2) is 0 Å². The molecule has 0 unspecified atom stereocenters. The second-order valence-electron chi connectivity index (χ2n) is 3.46. The van der Waals surface area contributed by atoms with Gasteiger partial charge in [-0.15, -0.1) is 11.3 Å². The fourth-order valence-electron chi connectivity index (χ4n) is 1.64. The summed E-state index contributed by atoms with van der Waals surface area (Å²) in [6.07, 6.45) is 0. The molecule has 2 aromatic rings. The number of hydrogen-bond acceptors (Lipinski definition) is 3. The molecule has 0 bridgehead atoms. The quantitative estimate of drug-likeness (QED) is 0.788. The van der Waals surface area contributed by atoms with E-state index in [4.69, 9.17) is 10.00 Å². The Bertz CT molecular complexity index is 534. The first-order valence-corrected chi connectivity index (χ1v) is 5.77. The number of benzene rings is 1. The van der Waals surface area contributed by atoms with Crippen LogP contribution in [-0.4, -0.2) is 7.11 Å². The monoisotopic (exact) mass is 229 g/mol. The van der Waals surface area contributed by atoms with Gasteiger partial charge in [0.25, 0.3) is 0 Å². The van der Waals surface area contributed by atoms with Gasteiger partial charge >= 0.3 is 0 Å². The molecule has 0 saturated carbocycles. The molecule has 3 heteroatoms. The minimum atomic E-state index is 0.766. The van der Waals surface area contributed by atoms with E-state index in [1.165, 1.54) is 11.3 Å². The Labute approximate surface area is 98.7 Å². The highest BCUT2D eigenvalue weighted by molar-refractivity contribution is 7.11. The van der Waals surface area contributed by atoms with Crippen LogP contribution in [0.2, 0.25) is 0 Å². The molecule has 1 aromatic heterocycles. The van der Waals surface area contributed by atoms with Gasteiger partial charge in [0.1, 0.15) is 16.7 Å². The van der Waals surface area contributed by atoms with Crippen LogP contribution in [0.5, 0.6) is 5.75 Å². The van der Waals surface area contributed by atoms with Crippen LogP contribution in [0.1, 0.15) is 10.4 Å². The van der Waals surface area contributed by atoms with Crippen molar-refractivity contribution in [2.75, 3.05) is 7.11 Å². The van der Waals surface area contributed by atoms with E-state index in [0.717, 1.165) is 27.3 Å². The number of methoxy groups -OCH3 is 1. The summed E-state index contributed by atoms with van der Waals surface area (Å²) in [4.78, 5) is 0.766. The molecule has 16 heavy (non-hydrogen) atoms. The second-order valence-corrected chi connectivity index (χ2v) is 4.34. The van der Waals surface area contributed by atoms with Gasteiger partial charge in [0, 0.05) is 5.56 Å². The van der Waals surface area contributed by atoms with E-state index < -0.39 is 0 Å². The third kappa shape index (κ3) is 1.80. The van der Waals surface area contributed by atoms with Crippen LogP contribution >= 0.6 is 11.3 Å². The van der Waals surface area contributed by atoms with Gasteiger partial charge in [0.2, 0.25) is 0 Å². The van der Waals surface area contributed by atoms with Crippen molar-refractivity contribution in [2.45, 2.75) is 6.92 Å². The molecule has 80 valence electrons. The number of aryl methyl sites for hydroxylation is 1. The summed E-state index contributed by atoms with van der Waals surface area (Å²) in [5.74, 6) is 0.829. The molecule has 1 aromatic carbocycles. The summed E-state index contributed by atoms with van der Waals surface area (Å²) in [6, 6.07) is 10.0. The molecular weight excluding hydrogens is 218 g/mol. The Morgan fingerprint density at radius 3 is 2.50 bits per heavy atom. The highest BCUT2D eigenvalue weighted by Gasteiger charge is 2.10. The number of nitrogens with zero attached hydrogens (tertiary/aromatic N) is 1. The molecule has 0 N–H and O–H groups in total. The Morgan fingerprint density at radius 1 is 1.25 bits per heavy atom. The third-order valence-electron chi connectivity index (χ3n) is 2.46. The number of nitriles is 1. The van der Waals surface area contributed by atoms with Crippen molar-refractivity contribution >= 4 is 11.3 Å². The first-order chi connectivity index (χ1) is 7.76. The molecule has 0 aliphatic carbocycles. The lowest BCUT2D eigenvalue weighted by molar-refractivity contribution is 0.415. The maximum atomic E-state index is 9.03. The van der Waals surface area contributed by atoms with Crippen LogP contribution in [0.3, 0.4) is 0 Å². The first-order valence-electron chi connectivity index (χ1n) is 4.89. The highest BCUT2D eigenvalue weighted by atomic mass is 32.1. The van der Waals surface area contributed by atoms with Gasteiger partial charge in [-0.2, -0.15) is 5.26 Å². The molecule has 0 radical (unpaired) electrons. The molecule has 0 aliphatic rings. The summed E-state index contributed by atoms with van der Waals surface area (Å²) in [7, 11) is 1.64. The second kappa shape index (κ2) is 4.38. The average molecular weight is 229 g/mol. The number of rotatable bonds is 2. The van der Waals surface area contributed by atoms with Crippen LogP contribution in [-0.2, 0) is 0 Å². The van der Waals surface area contributed by atoms with E-state index in [-0.39, 0.29) is 0 Å². The molecule has 0 spiro atoms. The van der Waals surface area contributed by atoms with Crippen molar-refractivity contribution in [3.05, 3.63) is 40.1 Å². The lowest BCUT2D eigenvalue weighted by Crippen LogP contribution is -1.84. The first kappa shape index (κ1) is 10.7. The zero-order chi connectivity index (χ0) is 11.5. The van der Waals surface area contributed by atoms with Gasteiger partial charge in [-0.05, 0) is 35.6 Å². The van der Waals surface area contributed by atoms with E-state index >= 15 is 0 Å². The molecule has 0 saturated heterocycles. The molecule has 2 rings (SSSR count). The third-order valence-corrected chi connectivity index (χ3v) is 3.46. The molecular formula is C13H11NOS. The summed E-state index contributed by atoms with van der Waals surface area (Å²) in [5.41, 5.74) is 3.25. The smallest absolute Gasteiger partial charge is 0.118 e. The van der Waals surface area contributed by atoms with Crippen LogP contribution in [0.25, 0.3) is 11.1 Å². The zero-order valence-corrected chi connectivity index (χ0v) is 9.97. The lowest BCUT2D eigenvalue weighted by atomic mass is 10.0. The van der Waals surface area contributed by atoms with E-state index in [1.807, 2.05) is 36.6 Å². The van der Waals surface area contributed by atoms with Gasteiger partial charge in [-0.1, -0.05) is 12.1 Å². The highest BCUT2D eigenvalue weighted by Crippen LogP contribution is 2.32. The molecule has 0 amide bonds. The molecule has 0 atom stereocenters. The van der Waals surface area contributed by atoms with Crippen molar-refractivity contribution in [3.8, 4) is 22.9 Å². The van der Waals surface area contributed by atoms with E-state index in [9.17, 15) is 0 Å². The predicted molar refractivity (Wildman–Crippen MR) is 65.8 cm³/mol. The Balaban J connectivity index is 2.50. The SMILES string of the molecule is COc1ccc(-c2c(C)csc2C#N)cc1. The van der Waals surface area contributed by atoms with Crippen molar-refractivity contribution in [1.29, 1.82) is 5.26 Å². The maximum absolute atomic E-state index is 9.03. The number of thiophene rings is 1. The van der Waals surface area contributed by atoms with Crippen molar-refractivity contribution < 1.29 is 4.74 Å². The van der Waals surface area contributed by atoms with Crippen molar-refractivity contribution in [3.63, 3.8) is 0 Å². The number of hydrogen-bond donors (Lipinski definition) is 0. The molecule has 1 heterocycles. The molecule has 2 nitrogen and oxygen atoms in total. The van der Waals surface area contributed by atoms with Gasteiger partial charge in [-0.3, -0.25) is 0 Å². The lowest BCUT2D eigenvalue weighted by Gasteiger charge is -2.03. The van der Waals surface area contributed by atoms with Gasteiger partial charge in [-0.25, -0.2) is 0 Å². The predicted octanol–water partition coefficient (Wildman–Crippen LogP) is 3.60. The summed E-state index contributed by atoms with van der Waals surface area (Å²) < 4.78 is 5.11. The average Bonchev–Trinajstić information content (AvgIpc) is 2.70. The topological polar surface area (TPSA) is 33.0 Å². The fraction of sp³-hybridized carbons (Fsp3) is 0.154. The van der Waals surface area contributed by atoms with Crippen molar-refractivity contribution in [2.24, 2.45) is 0 Å². The van der Waals surface area contributed by atoms with Crippen LogP contribution in [0.4, 0.5) is 0 Å². The Kier molecular flexibility index (Phi) is 2.93. The summed E-state index contributed by atoms with van der Waals surface area (Å²) in [6.45, 7) is 2.02. The number of ether oxygens (including phenoxy) is 1. The minimum Gasteiger partial charge on any atom is -0.497 e. The Hall–Kier alpha value is -1.79. The van der Waals surface area contributed by atoms with E-state index in [2.05, 4.69) is 6.07 Å². The van der Waals surface area contributed by atoms with Crippen molar-refractivity contribution in [1.82, 2.24) is 0 Å². The minimum absolute atomic E-state index is 0.766. The van der Waals surface area contributed by atoms with E-state index in [0.29, 0.717) is 0 Å².